The number of phenolic OH excluding ortho intramolecular Hbond substituents is 1. The molecule has 104 valence electrons. The van der Waals surface area contributed by atoms with Gasteiger partial charge in [-0.15, -0.1) is 0 Å². The van der Waals surface area contributed by atoms with E-state index in [0.717, 1.165) is 0 Å². The molecule has 0 aliphatic carbocycles. The molecule has 0 unspecified atom stereocenters. The predicted molar refractivity (Wildman–Crippen MR) is 80.0 cm³/mol. The molecule has 19 heavy (non-hydrogen) atoms. The minimum absolute atomic E-state index is 0.0690. The van der Waals surface area contributed by atoms with Crippen LogP contribution in [0.25, 0.3) is 0 Å². The molecule has 1 amide bonds. The van der Waals surface area contributed by atoms with Crippen LogP contribution >= 0.6 is 22.6 Å². The van der Waals surface area contributed by atoms with Gasteiger partial charge in [0.1, 0.15) is 15.6 Å². The zero-order chi connectivity index (χ0) is 14.0. The number of phenols is 1. The number of carbonyl (C=O) groups excluding carboxylic acids is 1. The van der Waals surface area contributed by atoms with Crippen LogP contribution in [0, 0.1) is 3.57 Å². The van der Waals surface area contributed by atoms with Gasteiger partial charge in [0.25, 0.3) is 5.91 Å². The topological polar surface area (TPSA) is 83.5 Å². The van der Waals surface area contributed by atoms with Crippen molar-refractivity contribution in [3.63, 3.8) is 0 Å². The Bertz CT molecular complexity index is 586. The first-order valence-electron chi connectivity index (χ1n) is 5.87. The maximum atomic E-state index is 12.0. The van der Waals surface area contributed by atoms with Gasteiger partial charge in [0.15, 0.2) is 0 Å². The molecule has 1 heterocycles. The molecule has 2 N–H and O–H groups in total. The van der Waals surface area contributed by atoms with E-state index in [4.69, 9.17) is 0 Å². The molecular weight excluding hydrogens is 381 g/mol. The van der Waals surface area contributed by atoms with Gasteiger partial charge in [0.2, 0.25) is 0 Å². The largest absolute Gasteiger partial charge is 0.507 e. The van der Waals surface area contributed by atoms with E-state index in [1.165, 1.54) is 6.07 Å². The molecule has 5 nitrogen and oxygen atoms in total. The van der Waals surface area contributed by atoms with Gasteiger partial charge in [-0.2, -0.15) is 0 Å². The Kier molecular flexibility index (Phi) is 4.34. The number of aromatic hydroxyl groups is 1. The maximum Gasteiger partial charge on any atom is 0.251 e. The van der Waals surface area contributed by atoms with Gasteiger partial charge < -0.3 is 10.4 Å². The number of sulfone groups is 1. The molecule has 0 spiro atoms. The highest BCUT2D eigenvalue weighted by Gasteiger charge is 2.25. The number of rotatable bonds is 2. The molecule has 1 saturated heterocycles. The second-order valence-electron chi connectivity index (χ2n) is 4.57. The Morgan fingerprint density at radius 2 is 1.95 bits per heavy atom. The van der Waals surface area contributed by atoms with Crippen molar-refractivity contribution in [1.82, 2.24) is 5.32 Å². The van der Waals surface area contributed by atoms with Crippen molar-refractivity contribution in [3.05, 3.63) is 27.3 Å². The van der Waals surface area contributed by atoms with Crippen LogP contribution in [0.1, 0.15) is 23.2 Å². The maximum absolute atomic E-state index is 12.0. The van der Waals surface area contributed by atoms with Crippen molar-refractivity contribution < 1.29 is 18.3 Å². The van der Waals surface area contributed by atoms with E-state index >= 15 is 0 Å². The van der Waals surface area contributed by atoms with Crippen molar-refractivity contribution in [2.24, 2.45) is 0 Å². The van der Waals surface area contributed by atoms with Gasteiger partial charge in [0.05, 0.1) is 15.1 Å². The van der Waals surface area contributed by atoms with E-state index in [9.17, 15) is 18.3 Å². The molecule has 1 aliphatic rings. The smallest absolute Gasteiger partial charge is 0.251 e. The first-order chi connectivity index (χ1) is 8.87. The molecule has 0 radical (unpaired) electrons. The predicted octanol–water partition coefficient (Wildman–Crippen LogP) is 1.30. The monoisotopic (exact) mass is 395 g/mol. The van der Waals surface area contributed by atoms with Crippen molar-refractivity contribution >= 4 is 38.3 Å². The van der Waals surface area contributed by atoms with Crippen molar-refractivity contribution in [1.29, 1.82) is 0 Å². The van der Waals surface area contributed by atoms with Gasteiger partial charge in [-0.1, -0.05) is 0 Å². The zero-order valence-corrected chi connectivity index (χ0v) is 13.1. The second kappa shape index (κ2) is 5.66. The van der Waals surface area contributed by atoms with Crippen LogP contribution in [0.4, 0.5) is 0 Å². The highest BCUT2D eigenvalue weighted by Crippen LogP contribution is 2.21. The van der Waals surface area contributed by atoms with E-state index in [1.54, 1.807) is 12.1 Å². The third-order valence-corrected chi connectivity index (χ3v) is 5.73. The van der Waals surface area contributed by atoms with E-state index in [1.807, 2.05) is 22.6 Å². The van der Waals surface area contributed by atoms with Crippen molar-refractivity contribution in [3.8, 4) is 5.75 Å². The van der Waals surface area contributed by atoms with Crippen LogP contribution in [-0.4, -0.2) is 37.0 Å². The van der Waals surface area contributed by atoms with E-state index in [0.29, 0.717) is 22.0 Å². The highest BCUT2D eigenvalue weighted by molar-refractivity contribution is 14.1. The number of amides is 1. The molecule has 0 bridgehead atoms. The van der Waals surface area contributed by atoms with Gasteiger partial charge in [-0.05, 0) is 53.6 Å². The summed E-state index contributed by atoms with van der Waals surface area (Å²) in [7, 11) is -2.92. The van der Waals surface area contributed by atoms with Crippen molar-refractivity contribution in [2.75, 3.05) is 11.5 Å². The van der Waals surface area contributed by atoms with Crippen molar-refractivity contribution in [2.45, 2.75) is 18.9 Å². The number of carbonyl (C=O) groups is 1. The number of benzene rings is 1. The molecule has 1 aliphatic heterocycles. The summed E-state index contributed by atoms with van der Waals surface area (Å²) in [5, 5.41) is 12.4. The van der Waals surface area contributed by atoms with E-state index < -0.39 is 9.84 Å². The van der Waals surface area contributed by atoms with Gasteiger partial charge in [-0.3, -0.25) is 4.79 Å². The summed E-state index contributed by atoms with van der Waals surface area (Å²) in [6.45, 7) is 0. The Morgan fingerprint density at radius 1 is 1.32 bits per heavy atom. The molecule has 0 aromatic heterocycles. The first kappa shape index (κ1) is 14.6. The number of halogens is 1. The summed E-state index contributed by atoms with van der Waals surface area (Å²) in [5.41, 5.74) is 0.381. The quantitative estimate of drug-likeness (QED) is 0.740. The molecule has 1 fully saturated rings. The summed E-state index contributed by atoms with van der Waals surface area (Å²) in [6, 6.07) is 4.60. The Morgan fingerprint density at radius 3 is 2.53 bits per heavy atom. The number of hydrogen-bond acceptors (Lipinski definition) is 4. The lowest BCUT2D eigenvalue weighted by atomic mass is 10.1. The average Bonchev–Trinajstić information content (AvgIpc) is 2.35. The molecule has 2 rings (SSSR count). The normalized spacial score (nSPS) is 19.0. The third kappa shape index (κ3) is 3.82. The van der Waals surface area contributed by atoms with Crippen LogP contribution in [0.15, 0.2) is 18.2 Å². The average molecular weight is 395 g/mol. The second-order valence-corrected chi connectivity index (χ2v) is 8.03. The molecular formula is C12H14INO4S. The summed E-state index contributed by atoms with van der Waals surface area (Å²) >= 11 is 1.98. The number of nitrogens with one attached hydrogen (secondary N) is 1. The molecule has 0 atom stereocenters. The minimum atomic E-state index is -2.92. The fourth-order valence-electron chi connectivity index (χ4n) is 1.96. The third-order valence-electron chi connectivity index (χ3n) is 3.10. The highest BCUT2D eigenvalue weighted by atomic mass is 127. The van der Waals surface area contributed by atoms with E-state index in [2.05, 4.69) is 5.32 Å². The molecule has 0 saturated carbocycles. The molecule has 1 aromatic carbocycles. The SMILES string of the molecule is O=C(NC1CCS(=O)(=O)CC1)c1ccc(I)c(O)c1. The lowest BCUT2D eigenvalue weighted by Gasteiger charge is -2.23. The standard InChI is InChI=1S/C12H14INO4S/c13-10-2-1-8(7-11(10)15)12(16)14-9-3-5-19(17,18)6-4-9/h1-2,7,9,15H,3-6H2,(H,14,16). The molecule has 1 aromatic rings. The van der Waals surface area contributed by atoms with Gasteiger partial charge in [0, 0.05) is 11.6 Å². The molecule has 7 heteroatoms. The fourth-order valence-corrected chi connectivity index (χ4v) is 3.78. The summed E-state index contributed by atoms with van der Waals surface area (Å²) < 4.78 is 23.3. The lowest BCUT2D eigenvalue weighted by molar-refractivity contribution is 0.0934. The lowest BCUT2D eigenvalue weighted by Crippen LogP contribution is -2.40. The summed E-state index contributed by atoms with van der Waals surface area (Å²) in [4.78, 5) is 12.0. The fraction of sp³-hybridized carbons (Fsp3) is 0.417. The number of hydrogen-bond donors (Lipinski definition) is 2. The van der Waals surface area contributed by atoms with Crippen LogP contribution in [-0.2, 0) is 9.84 Å². The Labute approximate surface area is 125 Å². The summed E-state index contributed by atoms with van der Waals surface area (Å²) in [6.07, 6.45) is 0.898. The van der Waals surface area contributed by atoms with Crippen LogP contribution in [0.3, 0.4) is 0 Å². The van der Waals surface area contributed by atoms with Gasteiger partial charge >= 0.3 is 0 Å². The minimum Gasteiger partial charge on any atom is -0.507 e. The van der Waals surface area contributed by atoms with Gasteiger partial charge in [-0.25, -0.2) is 8.42 Å². The van der Waals surface area contributed by atoms with Crippen LogP contribution in [0.5, 0.6) is 5.75 Å². The Hall–Kier alpha value is -0.830. The first-order valence-corrected chi connectivity index (χ1v) is 8.77. The van der Waals surface area contributed by atoms with Crippen LogP contribution in [0.2, 0.25) is 0 Å². The summed E-state index contributed by atoms with van der Waals surface area (Å²) in [5.74, 6) is 0.0293. The van der Waals surface area contributed by atoms with E-state index in [-0.39, 0.29) is 29.2 Å². The van der Waals surface area contributed by atoms with Crippen LogP contribution < -0.4 is 5.32 Å². The zero-order valence-electron chi connectivity index (χ0n) is 10.1. The Balaban J connectivity index is 2.00.